The first-order valence-corrected chi connectivity index (χ1v) is 7.34. The van der Waals surface area contributed by atoms with Gasteiger partial charge in [-0.1, -0.05) is 17.7 Å². The highest BCUT2D eigenvalue weighted by molar-refractivity contribution is 5.40. The maximum absolute atomic E-state index is 6.04. The molecule has 2 N–H and O–H groups in total. The van der Waals surface area contributed by atoms with E-state index in [2.05, 4.69) is 37.1 Å². The van der Waals surface area contributed by atoms with Crippen LogP contribution in [-0.2, 0) is 6.42 Å². The molecule has 2 aliphatic rings. The summed E-state index contributed by atoms with van der Waals surface area (Å²) in [6.45, 7) is 3.88. The van der Waals surface area contributed by atoms with Gasteiger partial charge in [0.15, 0.2) is 0 Å². The average molecular weight is 260 g/mol. The van der Waals surface area contributed by atoms with Crippen LogP contribution in [-0.4, -0.2) is 37.2 Å². The maximum Gasteiger partial charge on any atom is 0.123 e. The lowest BCUT2D eigenvalue weighted by molar-refractivity contribution is 0.132. The Hall–Kier alpha value is -1.06. The molecule has 1 heterocycles. The summed E-state index contributed by atoms with van der Waals surface area (Å²) in [7, 11) is 2.19. The fraction of sp³-hybridized carbons (Fsp3) is 0.625. The molecule has 19 heavy (non-hydrogen) atoms. The lowest BCUT2D eigenvalue weighted by Crippen LogP contribution is -2.44. The highest BCUT2D eigenvalue weighted by Crippen LogP contribution is 2.35. The molecule has 0 aromatic heterocycles. The number of ether oxygens (including phenoxy) is 1. The van der Waals surface area contributed by atoms with Gasteiger partial charge in [0.2, 0.25) is 0 Å². The zero-order valence-corrected chi connectivity index (χ0v) is 11.9. The van der Waals surface area contributed by atoms with E-state index in [4.69, 9.17) is 10.5 Å². The van der Waals surface area contributed by atoms with Crippen molar-refractivity contribution in [2.24, 2.45) is 11.7 Å². The Kier molecular flexibility index (Phi) is 3.50. The minimum Gasteiger partial charge on any atom is -0.488 e. The molecule has 0 bridgehead atoms. The van der Waals surface area contributed by atoms with Gasteiger partial charge in [0.1, 0.15) is 11.9 Å². The molecule has 3 heteroatoms. The molecule has 104 valence electrons. The summed E-state index contributed by atoms with van der Waals surface area (Å²) < 4.78 is 6.04. The minimum absolute atomic E-state index is 0.287. The first kappa shape index (κ1) is 12.9. The van der Waals surface area contributed by atoms with Crippen LogP contribution in [0.5, 0.6) is 5.75 Å². The second-order valence-corrected chi connectivity index (χ2v) is 6.14. The van der Waals surface area contributed by atoms with Crippen LogP contribution >= 0.6 is 0 Å². The van der Waals surface area contributed by atoms with Gasteiger partial charge in [-0.2, -0.15) is 0 Å². The van der Waals surface area contributed by atoms with Crippen molar-refractivity contribution in [2.45, 2.75) is 38.3 Å². The van der Waals surface area contributed by atoms with Crippen LogP contribution in [0.2, 0.25) is 0 Å². The van der Waals surface area contributed by atoms with E-state index < -0.39 is 0 Å². The molecular formula is C16H24N2O. The molecule has 3 nitrogen and oxygen atoms in total. The average Bonchev–Trinajstić information content (AvgIpc) is 3.11. The van der Waals surface area contributed by atoms with Crippen LogP contribution < -0.4 is 10.5 Å². The Labute approximate surface area is 115 Å². The number of benzene rings is 1. The van der Waals surface area contributed by atoms with Crippen molar-refractivity contribution in [3.63, 3.8) is 0 Å². The minimum atomic E-state index is 0.287. The molecular weight excluding hydrogens is 236 g/mol. The molecule has 0 radical (unpaired) electrons. The molecule has 1 saturated carbocycles. The van der Waals surface area contributed by atoms with Crippen molar-refractivity contribution in [1.29, 1.82) is 0 Å². The number of fused-ring (bicyclic) bond motifs is 1. The highest BCUT2D eigenvalue weighted by Gasteiger charge is 2.34. The Morgan fingerprint density at radius 2 is 2.21 bits per heavy atom. The smallest absolute Gasteiger partial charge is 0.123 e. The largest absolute Gasteiger partial charge is 0.488 e. The molecule has 1 aliphatic heterocycles. The number of hydrogen-bond donors (Lipinski definition) is 1. The van der Waals surface area contributed by atoms with Gasteiger partial charge in [-0.25, -0.2) is 0 Å². The molecule has 1 aromatic carbocycles. The van der Waals surface area contributed by atoms with E-state index in [0.717, 1.165) is 31.2 Å². The Bertz CT molecular complexity index is 456. The first-order chi connectivity index (χ1) is 9.17. The Morgan fingerprint density at radius 1 is 1.42 bits per heavy atom. The van der Waals surface area contributed by atoms with Gasteiger partial charge in [-0.15, -0.1) is 0 Å². The maximum atomic E-state index is 6.04. The third-order valence-corrected chi connectivity index (χ3v) is 4.42. The molecule has 2 unspecified atom stereocenters. The molecule has 2 atom stereocenters. The molecule has 1 aromatic rings. The number of rotatable bonds is 5. The summed E-state index contributed by atoms with van der Waals surface area (Å²) in [5.41, 5.74) is 8.58. The van der Waals surface area contributed by atoms with Gasteiger partial charge in [-0.05, 0) is 44.4 Å². The van der Waals surface area contributed by atoms with E-state index in [1.165, 1.54) is 24.0 Å². The first-order valence-electron chi connectivity index (χ1n) is 7.34. The zero-order chi connectivity index (χ0) is 13.4. The van der Waals surface area contributed by atoms with Crippen LogP contribution in [0.4, 0.5) is 0 Å². The summed E-state index contributed by atoms with van der Waals surface area (Å²) in [6.07, 6.45) is 4.01. The summed E-state index contributed by atoms with van der Waals surface area (Å²) in [5.74, 6) is 1.89. The van der Waals surface area contributed by atoms with Crippen LogP contribution in [0, 0.1) is 12.8 Å². The molecule has 0 spiro atoms. The number of nitrogens with zero attached hydrogens (tertiary/aromatic N) is 1. The molecule has 1 aliphatic carbocycles. The zero-order valence-electron chi connectivity index (χ0n) is 11.9. The summed E-state index contributed by atoms with van der Waals surface area (Å²) in [4.78, 5) is 2.40. The van der Waals surface area contributed by atoms with Crippen molar-refractivity contribution >= 4 is 0 Å². The number of aryl methyl sites for hydroxylation is 1. The molecule has 3 rings (SSSR count). The summed E-state index contributed by atoms with van der Waals surface area (Å²) in [6, 6.07) is 7.01. The predicted molar refractivity (Wildman–Crippen MR) is 77.5 cm³/mol. The standard InChI is InChI=1S/C16H24N2O/c1-11-3-6-16-13(7-11)8-14(19-16)10-18(2)15(9-17)12-4-5-12/h3,6-7,12,14-15H,4-5,8-10,17H2,1-2H3. The normalized spacial score (nSPS) is 23.3. The van der Waals surface area contributed by atoms with Crippen molar-refractivity contribution < 1.29 is 4.74 Å². The van der Waals surface area contributed by atoms with Crippen LogP contribution in [0.15, 0.2) is 18.2 Å². The summed E-state index contributed by atoms with van der Waals surface area (Å²) >= 11 is 0. The SMILES string of the molecule is Cc1ccc2c(c1)CC(CN(C)C(CN)C1CC1)O2. The van der Waals surface area contributed by atoms with Crippen molar-refractivity contribution in [1.82, 2.24) is 4.90 Å². The van der Waals surface area contributed by atoms with E-state index in [9.17, 15) is 0 Å². The fourth-order valence-electron chi connectivity index (χ4n) is 3.22. The second-order valence-electron chi connectivity index (χ2n) is 6.14. The van der Waals surface area contributed by atoms with Crippen LogP contribution in [0.25, 0.3) is 0 Å². The number of hydrogen-bond acceptors (Lipinski definition) is 3. The molecule has 0 saturated heterocycles. The molecule has 0 amide bonds. The Morgan fingerprint density at radius 3 is 2.89 bits per heavy atom. The quantitative estimate of drug-likeness (QED) is 0.879. The van der Waals surface area contributed by atoms with E-state index >= 15 is 0 Å². The Balaban J connectivity index is 1.60. The third-order valence-electron chi connectivity index (χ3n) is 4.42. The predicted octanol–water partition coefficient (Wildman–Crippen LogP) is 1.97. The third kappa shape index (κ3) is 2.77. The van der Waals surface area contributed by atoms with Crippen molar-refractivity contribution in [3.05, 3.63) is 29.3 Å². The fourth-order valence-corrected chi connectivity index (χ4v) is 3.22. The van der Waals surface area contributed by atoms with Gasteiger partial charge in [0, 0.05) is 25.6 Å². The van der Waals surface area contributed by atoms with Gasteiger partial charge < -0.3 is 10.5 Å². The van der Waals surface area contributed by atoms with Crippen LogP contribution in [0.3, 0.4) is 0 Å². The van der Waals surface area contributed by atoms with Crippen molar-refractivity contribution in [2.75, 3.05) is 20.1 Å². The monoisotopic (exact) mass is 260 g/mol. The van der Waals surface area contributed by atoms with Crippen LogP contribution in [0.1, 0.15) is 24.0 Å². The van der Waals surface area contributed by atoms with E-state index in [1.54, 1.807) is 0 Å². The second kappa shape index (κ2) is 5.14. The highest BCUT2D eigenvalue weighted by atomic mass is 16.5. The van der Waals surface area contributed by atoms with Gasteiger partial charge >= 0.3 is 0 Å². The lowest BCUT2D eigenvalue weighted by atomic mass is 10.1. The van der Waals surface area contributed by atoms with Gasteiger partial charge in [0.05, 0.1) is 0 Å². The number of likely N-dealkylation sites (N-methyl/N-ethyl adjacent to an activating group) is 1. The molecule has 1 fully saturated rings. The van der Waals surface area contributed by atoms with E-state index in [-0.39, 0.29) is 6.10 Å². The van der Waals surface area contributed by atoms with E-state index in [0.29, 0.717) is 6.04 Å². The lowest BCUT2D eigenvalue weighted by Gasteiger charge is -2.29. The topological polar surface area (TPSA) is 38.5 Å². The number of nitrogens with two attached hydrogens (primary N) is 1. The van der Waals surface area contributed by atoms with Gasteiger partial charge in [-0.3, -0.25) is 4.90 Å². The summed E-state index contributed by atoms with van der Waals surface area (Å²) in [5, 5.41) is 0. The van der Waals surface area contributed by atoms with Gasteiger partial charge in [0.25, 0.3) is 0 Å². The van der Waals surface area contributed by atoms with E-state index in [1.807, 2.05) is 0 Å². The van der Waals surface area contributed by atoms with Crippen molar-refractivity contribution in [3.8, 4) is 5.75 Å².